The number of Topliss-reactive ketones (excluding diaryl/α,β-unsaturated/α-hetero) is 1. The van der Waals surface area contributed by atoms with Crippen LogP contribution in [0.4, 0.5) is 5.13 Å². The summed E-state index contributed by atoms with van der Waals surface area (Å²) in [5, 5.41) is 14.3. The van der Waals surface area contributed by atoms with E-state index in [4.69, 9.17) is 37.7 Å². The molecule has 3 N–H and O–H groups in total. The van der Waals surface area contributed by atoms with Crippen LogP contribution in [-0.2, 0) is 6.54 Å². The normalized spacial score (nSPS) is 16.5. The van der Waals surface area contributed by atoms with E-state index in [1.54, 1.807) is 11.3 Å². The first-order valence-corrected chi connectivity index (χ1v) is 17.2. The van der Waals surface area contributed by atoms with Crippen LogP contribution < -0.4 is 10.5 Å². The van der Waals surface area contributed by atoms with Crippen LogP contribution in [0.25, 0.3) is 21.5 Å². The first-order chi connectivity index (χ1) is 21.2. The highest BCUT2D eigenvalue weighted by Gasteiger charge is 2.45. The largest absolute Gasteiger partial charge is 0.360 e. The lowest BCUT2D eigenvalue weighted by atomic mass is 9.93. The number of carbonyl (C=O) groups is 1. The Bertz CT molecular complexity index is 1670. The molecular weight excluding hydrogens is 633 g/mol. The Morgan fingerprint density at radius 3 is 2.52 bits per heavy atom. The number of thiol groups is 1. The van der Waals surface area contributed by atoms with Crippen molar-refractivity contribution in [3.8, 4) is 11.3 Å². The van der Waals surface area contributed by atoms with Crippen molar-refractivity contribution in [2.45, 2.75) is 91.1 Å². The smallest absolute Gasteiger partial charge is 0.210 e. The molecule has 2 saturated carbocycles. The number of rotatable bonds is 12. The molecule has 1 unspecified atom stereocenters. The molecule has 4 aromatic rings. The fourth-order valence-electron chi connectivity index (χ4n) is 5.52. The number of hydrogen-bond acceptors (Lipinski definition) is 9. The van der Waals surface area contributed by atoms with Crippen molar-refractivity contribution in [2.24, 2.45) is 15.5 Å². The zero-order valence-corrected chi connectivity index (χ0v) is 28.8. The molecule has 0 saturated heterocycles. The molecule has 2 fully saturated rings. The number of aryl methyl sites for hydroxylation is 1. The summed E-state index contributed by atoms with van der Waals surface area (Å²) in [5.74, 6) is 1.60. The van der Waals surface area contributed by atoms with Crippen LogP contribution in [0.2, 0.25) is 10.0 Å². The van der Waals surface area contributed by atoms with E-state index in [1.165, 1.54) is 0 Å². The van der Waals surface area contributed by atoms with Gasteiger partial charge in [0.05, 0.1) is 20.3 Å². The third kappa shape index (κ3) is 6.93. The SMILES string of the molecule is CC/C(CC(CC)NCc1c(-c2c(Cl)cccc2Cl)noc1C1CC1)=N\c1nc2ccc(C(=O)C3(C)CC3)c(C)c2s1.NS. The molecule has 11 heteroatoms. The average Bonchev–Trinajstić information content (AvgIpc) is 3.93. The summed E-state index contributed by atoms with van der Waals surface area (Å²) < 4.78 is 6.91. The number of nitrogens with one attached hydrogen (secondary N) is 1. The van der Waals surface area contributed by atoms with Gasteiger partial charge in [-0.3, -0.25) is 9.93 Å². The van der Waals surface area contributed by atoms with E-state index in [0.29, 0.717) is 22.5 Å². The molecule has 2 aromatic carbocycles. The van der Waals surface area contributed by atoms with Gasteiger partial charge in [0.2, 0.25) is 5.13 Å². The fourth-order valence-corrected chi connectivity index (χ4v) is 7.08. The van der Waals surface area contributed by atoms with Crippen LogP contribution in [0.1, 0.15) is 98.9 Å². The average molecular weight is 673 g/mol. The molecule has 2 aliphatic rings. The lowest BCUT2D eigenvalue weighted by Crippen LogP contribution is -2.30. The van der Waals surface area contributed by atoms with Gasteiger partial charge in [-0.2, -0.15) is 0 Å². The van der Waals surface area contributed by atoms with Gasteiger partial charge in [-0.05, 0) is 75.3 Å². The van der Waals surface area contributed by atoms with Gasteiger partial charge >= 0.3 is 0 Å². The first-order valence-electron chi connectivity index (χ1n) is 15.2. The number of benzene rings is 2. The van der Waals surface area contributed by atoms with Crippen molar-refractivity contribution in [3.05, 3.63) is 62.8 Å². The van der Waals surface area contributed by atoms with Crippen molar-refractivity contribution in [3.63, 3.8) is 0 Å². The van der Waals surface area contributed by atoms with Crippen molar-refractivity contribution < 1.29 is 9.32 Å². The maximum atomic E-state index is 13.0. The number of thiazole rings is 1. The maximum absolute atomic E-state index is 13.0. The number of aliphatic imine (C=N–C) groups is 1. The second-order valence-electron chi connectivity index (χ2n) is 11.9. The molecule has 0 amide bonds. The van der Waals surface area contributed by atoms with E-state index in [0.717, 1.165) is 99.7 Å². The van der Waals surface area contributed by atoms with Gasteiger partial charge in [0.1, 0.15) is 11.5 Å². The highest BCUT2D eigenvalue weighted by Crippen LogP contribution is 2.49. The van der Waals surface area contributed by atoms with Crippen LogP contribution in [0, 0.1) is 12.3 Å². The second-order valence-corrected chi connectivity index (χ2v) is 13.7. The summed E-state index contributed by atoms with van der Waals surface area (Å²) >= 11 is 17.7. The van der Waals surface area contributed by atoms with E-state index in [2.05, 4.69) is 49.2 Å². The van der Waals surface area contributed by atoms with E-state index in [9.17, 15) is 4.79 Å². The Labute approximate surface area is 278 Å². The van der Waals surface area contributed by atoms with Crippen LogP contribution in [0.3, 0.4) is 0 Å². The third-order valence-corrected chi connectivity index (χ3v) is 10.5. The van der Waals surface area contributed by atoms with Crippen LogP contribution in [0.15, 0.2) is 39.8 Å². The fraction of sp³-hybridized carbons (Fsp3) is 0.455. The predicted molar refractivity (Wildman–Crippen MR) is 186 cm³/mol. The number of nitrogens with two attached hydrogens (primary N) is 1. The van der Waals surface area contributed by atoms with E-state index >= 15 is 0 Å². The Hall–Kier alpha value is -2.27. The number of halogens is 2. The molecule has 44 heavy (non-hydrogen) atoms. The number of hydrogen-bond donors (Lipinski definition) is 3. The standard InChI is InChI=1S/C33H36Cl2N4O2S.H3NS/c1-5-20(36-17-23-28(39-41-29(23)19-10-11-19)27-24(34)8-7-9-25(27)35)16-21(6-2)37-32-38-26-13-12-22(18(3)30(26)42-32)31(40)33(4)14-15-33;1-2/h7-9,12-13,19-20,36H,5-6,10-11,14-17H2,1-4H3;2H,1H2/b37-21+;. The van der Waals surface area contributed by atoms with Gasteiger partial charge in [0, 0.05) is 52.7 Å². The zero-order chi connectivity index (χ0) is 31.6. The number of aromatic nitrogens is 2. The van der Waals surface area contributed by atoms with Gasteiger partial charge in [-0.25, -0.2) is 9.98 Å². The van der Waals surface area contributed by atoms with Gasteiger partial charge in [0.25, 0.3) is 0 Å². The summed E-state index contributed by atoms with van der Waals surface area (Å²) in [6.45, 7) is 9.04. The zero-order valence-electron chi connectivity index (χ0n) is 25.5. The quantitative estimate of drug-likeness (QED) is 0.0786. The Balaban J connectivity index is 0.00000188. The molecule has 0 aliphatic heterocycles. The Morgan fingerprint density at radius 1 is 1.20 bits per heavy atom. The van der Waals surface area contributed by atoms with Crippen molar-refractivity contribution in [2.75, 3.05) is 0 Å². The molecule has 0 spiro atoms. The minimum atomic E-state index is -0.187. The summed E-state index contributed by atoms with van der Waals surface area (Å²) in [4.78, 5) is 22.9. The summed E-state index contributed by atoms with van der Waals surface area (Å²) in [6.07, 6.45) is 6.74. The molecule has 1 atom stereocenters. The van der Waals surface area contributed by atoms with Crippen molar-refractivity contribution in [1.29, 1.82) is 0 Å². The molecule has 7 nitrogen and oxygen atoms in total. The van der Waals surface area contributed by atoms with Gasteiger partial charge < -0.3 is 9.84 Å². The Morgan fingerprint density at radius 2 is 1.91 bits per heavy atom. The van der Waals surface area contributed by atoms with E-state index in [-0.39, 0.29) is 17.2 Å². The number of fused-ring (bicyclic) bond motifs is 1. The van der Waals surface area contributed by atoms with Crippen LogP contribution in [-0.4, -0.2) is 27.7 Å². The highest BCUT2D eigenvalue weighted by atomic mass is 35.5. The topological polar surface area (TPSA) is 106 Å². The molecule has 0 bridgehead atoms. The summed E-state index contributed by atoms with van der Waals surface area (Å²) in [7, 11) is 0. The molecule has 2 aromatic heterocycles. The number of nitrogens with zero attached hydrogens (tertiary/aromatic N) is 3. The predicted octanol–water partition coefficient (Wildman–Crippen LogP) is 9.66. The third-order valence-electron chi connectivity index (χ3n) is 8.76. The molecule has 6 rings (SSSR count). The Kier molecular flexibility index (Phi) is 10.5. The molecule has 0 radical (unpaired) electrons. The minimum absolute atomic E-state index is 0.187. The maximum Gasteiger partial charge on any atom is 0.210 e. The second kappa shape index (κ2) is 14.0. The van der Waals surface area contributed by atoms with Crippen molar-refractivity contribution >= 4 is 74.2 Å². The molecule has 234 valence electrons. The van der Waals surface area contributed by atoms with Gasteiger partial charge in [-0.15, -0.1) is 12.8 Å². The van der Waals surface area contributed by atoms with Gasteiger partial charge in [-0.1, -0.05) is 66.5 Å². The summed E-state index contributed by atoms with van der Waals surface area (Å²) in [6, 6.07) is 9.63. The lowest BCUT2D eigenvalue weighted by molar-refractivity contribution is 0.0912. The first kappa shape index (κ1) is 33.1. The highest BCUT2D eigenvalue weighted by molar-refractivity contribution is 7.77. The monoisotopic (exact) mass is 671 g/mol. The van der Waals surface area contributed by atoms with Crippen molar-refractivity contribution in [1.82, 2.24) is 15.5 Å². The summed E-state index contributed by atoms with van der Waals surface area (Å²) in [5.41, 5.74) is 6.13. The lowest BCUT2D eigenvalue weighted by Gasteiger charge is -2.18. The van der Waals surface area contributed by atoms with Crippen LogP contribution >= 0.6 is 47.4 Å². The molecular formula is C33H39Cl2N5O2S2. The van der Waals surface area contributed by atoms with Gasteiger partial charge in [0.15, 0.2) is 5.78 Å². The molecule has 2 heterocycles. The van der Waals surface area contributed by atoms with E-state index < -0.39 is 0 Å². The minimum Gasteiger partial charge on any atom is -0.360 e. The van der Waals surface area contributed by atoms with Crippen LogP contribution in [0.5, 0.6) is 0 Å². The number of ketones is 1. The number of carbonyl (C=O) groups excluding carboxylic acids is 1. The molecule has 2 aliphatic carbocycles. The van der Waals surface area contributed by atoms with E-state index in [1.807, 2.05) is 37.3 Å².